The minimum atomic E-state index is -0.332. The molecule has 2 heterocycles. The van der Waals surface area contributed by atoms with Crippen molar-refractivity contribution in [3.63, 3.8) is 0 Å². The molecule has 0 saturated carbocycles. The van der Waals surface area contributed by atoms with Crippen molar-refractivity contribution >= 4 is 0 Å². The Kier molecular flexibility index (Phi) is 4.63. The van der Waals surface area contributed by atoms with Crippen molar-refractivity contribution in [1.82, 2.24) is 14.9 Å². The molecular weight excluding hydrogens is 329 g/mol. The summed E-state index contributed by atoms with van der Waals surface area (Å²) < 4.78 is 20.1. The van der Waals surface area contributed by atoms with Gasteiger partial charge in [0.1, 0.15) is 6.10 Å². The Morgan fingerprint density at radius 3 is 2.69 bits per heavy atom. The van der Waals surface area contributed by atoms with E-state index in [0.717, 1.165) is 36.2 Å². The lowest BCUT2D eigenvalue weighted by molar-refractivity contribution is 0.175. The number of nitrogens with zero attached hydrogens (tertiary/aromatic N) is 3. The van der Waals surface area contributed by atoms with Crippen LogP contribution < -0.4 is 4.74 Å². The third-order valence-electron chi connectivity index (χ3n) is 4.63. The maximum atomic E-state index is 14.0. The van der Waals surface area contributed by atoms with Crippen molar-refractivity contribution < 1.29 is 9.13 Å². The lowest BCUT2D eigenvalue weighted by Gasteiger charge is -2.20. The van der Waals surface area contributed by atoms with Crippen molar-refractivity contribution in [2.24, 2.45) is 0 Å². The molecule has 0 fully saturated rings. The van der Waals surface area contributed by atoms with Gasteiger partial charge in [-0.3, -0.25) is 0 Å². The fraction of sp³-hybridized carbons (Fsp3) is 0.238. The predicted octanol–water partition coefficient (Wildman–Crippen LogP) is 4.24. The molecule has 1 aliphatic heterocycles. The SMILES string of the molecule is CN1CCC(Oc2ccccc2F)c2ccc(-c3ncccn3)cc2C1. The predicted molar refractivity (Wildman–Crippen MR) is 98.2 cm³/mol. The molecule has 0 saturated heterocycles. The zero-order valence-electron chi connectivity index (χ0n) is 14.6. The van der Waals surface area contributed by atoms with Crippen molar-refractivity contribution in [3.05, 3.63) is 77.9 Å². The van der Waals surface area contributed by atoms with E-state index >= 15 is 0 Å². The van der Waals surface area contributed by atoms with Crippen LogP contribution in [-0.4, -0.2) is 28.5 Å². The van der Waals surface area contributed by atoms with Gasteiger partial charge in [-0.2, -0.15) is 0 Å². The first kappa shape index (κ1) is 16.7. The van der Waals surface area contributed by atoms with E-state index in [2.05, 4.69) is 34.0 Å². The minimum absolute atomic E-state index is 0.183. The molecular formula is C21H20FN3O. The van der Waals surface area contributed by atoms with Crippen LogP contribution in [0, 0.1) is 5.82 Å². The summed E-state index contributed by atoms with van der Waals surface area (Å²) in [4.78, 5) is 10.9. The van der Waals surface area contributed by atoms with Gasteiger partial charge < -0.3 is 9.64 Å². The summed E-state index contributed by atoms with van der Waals surface area (Å²) in [5, 5.41) is 0. The number of hydrogen-bond donors (Lipinski definition) is 0. The molecule has 2 aromatic carbocycles. The second-order valence-electron chi connectivity index (χ2n) is 6.55. The number of hydrogen-bond acceptors (Lipinski definition) is 4. The Morgan fingerprint density at radius 2 is 1.88 bits per heavy atom. The molecule has 132 valence electrons. The van der Waals surface area contributed by atoms with Crippen molar-refractivity contribution in [2.45, 2.75) is 19.1 Å². The molecule has 1 unspecified atom stereocenters. The van der Waals surface area contributed by atoms with Gasteiger partial charge in [0.05, 0.1) is 0 Å². The minimum Gasteiger partial charge on any atom is -0.483 e. The van der Waals surface area contributed by atoms with Crippen molar-refractivity contribution in [3.8, 4) is 17.1 Å². The molecule has 1 aliphatic rings. The molecule has 1 atom stereocenters. The monoisotopic (exact) mass is 349 g/mol. The van der Waals surface area contributed by atoms with Gasteiger partial charge in [0.15, 0.2) is 17.4 Å². The van der Waals surface area contributed by atoms with Gasteiger partial charge in [0.25, 0.3) is 0 Å². The fourth-order valence-electron chi connectivity index (χ4n) is 3.32. The average molecular weight is 349 g/mol. The van der Waals surface area contributed by atoms with E-state index in [1.54, 1.807) is 36.7 Å². The van der Waals surface area contributed by atoms with E-state index in [-0.39, 0.29) is 11.9 Å². The lowest BCUT2D eigenvalue weighted by atomic mass is 9.98. The molecule has 4 nitrogen and oxygen atoms in total. The van der Waals surface area contributed by atoms with Crippen molar-refractivity contribution in [1.29, 1.82) is 0 Å². The zero-order valence-corrected chi connectivity index (χ0v) is 14.6. The Labute approximate surface area is 152 Å². The molecule has 0 N–H and O–H groups in total. The van der Waals surface area contributed by atoms with Crippen LogP contribution in [0.3, 0.4) is 0 Å². The van der Waals surface area contributed by atoms with E-state index in [4.69, 9.17) is 4.74 Å². The highest BCUT2D eigenvalue weighted by molar-refractivity contribution is 5.57. The molecule has 26 heavy (non-hydrogen) atoms. The Morgan fingerprint density at radius 1 is 1.08 bits per heavy atom. The van der Waals surface area contributed by atoms with E-state index in [0.29, 0.717) is 11.6 Å². The zero-order chi connectivity index (χ0) is 17.9. The molecule has 0 bridgehead atoms. The quantitative estimate of drug-likeness (QED) is 0.709. The molecule has 0 amide bonds. The number of para-hydroxylation sites is 1. The maximum absolute atomic E-state index is 14.0. The molecule has 0 spiro atoms. The van der Waals surface area contributed by atoms with Gasteiger partial charge in [-0.25, -0.2) is 14.4 Å². The van der Waals surface area contributed by atoms with Crippen LogP contribution in [0.25, 0.3) is 11.4 Å². The number of rotatable bonds is 3. The molecule has 4 rings (SSSR count). The Hall–Kier alpha value is -2.79. The first-order valence-electron chi connectivity index (χ1n) is 8.70. The molecule has 3 aromatic rings. The Balaban J connectivity index is 1.70. The number of aromatic nitrogens is 2. The summed E-state index contributed by atoms with van der Waals surface area (Å²) in [7, 11) is 2.08. The number of fused-ring (bicyclic) bond motifs is 1. The standard InChI is InChI=1S/C21H20FN3O/c1-25-12-9-19(26-20-6-3-2-5-18(20)22)17-8-7-15(13-16(17)14-25)21-23-10-4-11-24-21/h2-8,10-11,13,19H,9,12,14H2,1H3. The number of halogens is 1. The van der Waals surface area contributed by atoms with E-state index in [1.165, 1.54) is 6.07 Å². The van der Waals surface area contributed by atoms with E-state index in [1.807, 2.05) is 6.07 Å². The summed E-state index contributed by atoms with van der Waals surface area (Å²) in [5.41, 5.74) is 3.23. The van der Waals surface area contributed by atoms with Crippen LogP contribution in [0.5, 0.6) is 5.75 Å². The summed E-state index contributed by atoms with van der Waals surface area (Å²) in [6.45, 7) is 1.69. The number of ether oxygens (including phenoxy) is 1. The van der Waals surface area contributed by atoms with Gasteiger partial charge in [-0.1, -0.05) is 24.3 Å². The van der Waals surface area contributed by atoms with Gasteiger partial charge >= 0.3 is 0 Å². The van der Waals surface area contributed by atoms with Crippen LogP contribution in [0.2, 0.25) is 0 Å². The Bertz CT molecular complexity index is 901. The molecule has 5 heteroatoms. The van der Waals surface area contributed by atoms with Gasteiger partial charge in [-0.15, -0.1) is 0 Å². The number of benzene rings is 2. The topological polar surface area (TPSA) is 38.2 Å². The maximum Gasteiger partial charge on any atom is 0.165 e. The largest absolute Gasteiger partial charge is 0.483 e. The second kappa shape index (κ2) is 7.22. The van der Waals surface area contributed by atoms with Gasteiger partial charge in [-0.05, 0) is 42.4 Å². The van der Waals surface area contributed by atoms with Crippen LogP contribution in [0.4, 0.5) is 4.39 Å². The highest BCUT2D eigenvalue weighted by Gasteiger charge is 2.24. The summed E-state index contributed by atoms with van der Waals surface area (Å²) in [6, 6.07) is 14.6. The molecule has 0 aliphatic carbocycles. The summed E-state index contributed by atoms with van der Waals surface area (Å²) in [6.07, 6.45) is 4.10. The highest BCUT2D eigenvalue weighted by atomic mass is 19.1. The third kappa shape index (κ3) is 3.44. The fourth-order valence-corrected chi connectivity index (χ4v) is 3.32. The van der Waals surface area contributed by atoms with Crippen LogP contribution >= 0.6 is 0 Å². The van der Waals surface area contributed by atoms with Crippen LogP contribution in [0.1, 0.15) is 23.7 Å². The summed E-state index contributed by atoms with van der Waals surface area (Å²) in [5.74, 6) is 0.665. The van der Waals surface area contributed by atoms with Crippen LogP contribution in [0.15, 0.2) is 60.9 Å². The average Bonchev–Trinajstić information content (AvgIpc) is 2.82. The highest BCUT2D eigenvalue weighted by Crippen LogP contribution is 2.33. The third-order valence-corrected chi connectivity index (χ3v) is 4.63. The smallest absolute Gasteiger partial charge is 0.165 e. The van der Waals surface area contributed by atoms with E-state index < -0.39 is 0 Å². The van der Waals surface area contributed by atoms with Crippen LogP contribution in [-0.2, 0) is 6.54 Å². The normalized spacial score (nSPS) is 17.4. The van der Waals surface area contributed by atoms with Crippen molar-refractivity contribution in [2.75, 3.05) is 13.6 Å². The van der Waals surface area contributed by atoms with Gasteiger partial charge in [0.2, 0.25) is 0 Å². The molecule has 1 aromatic heterocycles. The first-order valence-corrected chi connectivity index (χ1v) is 8.70. The molecule has 0 radical (unpaired) electrons. The van der Waals surface area contributed by atoms with E-state index in [9.17, 15) is 4.39 Å². The lowest BCUT2D eigenvalue weighted by Crippen LogP contribution is -2.18. The summed E-state index contributed by atoms with van der Waals surface area (Å²) >= 11 is 0. The first-order chi connectivity index (χ1) is 12.7. The van der Waals surface area contributed by atoms with Gasteiger partial charge in [0, 0.05) is 37.5 Å². The second-order valence-corrected chi connectivity index (χ2v) is 6.55.